The number of fused-ring (bicyclic) bond motifs is 1. The molecular formula is C15H21FN2O. The summed E-state index contributed by atoms with van der Waals surface area (Å²) in [5.74, 6) is -0.187. The lowest BCUT2D eigenvalue weighted by molar-refractivity contribution is -0.125. The van der Waals surface area contributed by atoms with Gasteiger partial charge >= 0.3 is 0 Å². The Hall–Kier alpha value is -1.58. The van der Waals surface area contributed by atoms with Crippen molar-refractivity contribution in [3.63, 3.8) is 0 Å². The molecule has 19 heavy (non-hydrogen) atoms. The van der Waals surface area contributed by atoms with Crippen LogP contribution in [-0.4, -0.2) is 19.0 Å². The predicted molar refractivity (Wildman–Crippen MR) is 75.9 cm³/mol. The zero-order valence-electron chi connectivity index (χ0n) is 11.8. The van der Waals surface area contributed by atoms with Gasteiger partial charge in [0.15, 0.2) is 0 Å². The Bertz CT molecular complexity index is 485. The molecule has 0 bridgehead atoms. The highest BCUT2D eigenvalue weighted by Crippen LogP contribution is 2.35. The minimum atomic E-state index is -0.483. The Morgan fingerprint density at radius 1 is 1.42 bits per heavy atom. The molecule has 2 rings (SSSR count). The van der Waals surface area contributed by atoms with Crippen molar-refractivity contribution in [3.8, 4) is 0 Å². The predicted octanol–water partition coefficient (Wildman–Crippen LogP) is 3.41. The number of nitrogens with zero attached hydrogens (tertiary/aromatic N) is 1. The molecule has 1 N–H and O–H groups in total. The molecule has 1 aromatic carbocycles. The number of carbonyl (C=O) groups is 1. The van der Waals surface area contributed by atoms with Crippen LogP contribution in [0.3, 0.4) is 0 Å². The number of nitrogens with one attached hydrogen (secondary N) is 1. The smallest absolute Gasteiger partial charge is 0.234 e. The summed E-state index contributed by atoms with van der Waals surface area (Å²) in [7, 11) is 0. The summed E-state index contributed by atoms with van der Waals surface area (Å²) >= 11 is 0. The van der Waals surface area contributed by atoms with E-state index in [1.807, 2.05) is 13.8 Å². The van der Waals surface area contributed by atoms with E-state index in [2.05, 4.69) is 12.2 Å². The van der Waals surface area contributed by atoms with Crippen LogP contribution in [0.5, 0.6) is 0 Å². The molecule has 1 amide bonds. The summed E-state index contributed by atoms with van der Waals surface area (Å²) in [6, 6.07) is 4.56. The number of unbranched alkanes of at least 4 members (excludes halogenated alkanes) is 1. The number of hydrogen-bond acceptors (Lipinski definition) is 2. The molecule has 0 aromatic heterocycles. The van der Waals surface area contributed by atoms with Crippen LogP contribution in [0.15, 0.2) is 18.2 Å². The third kappa shape index (κ3) is 2.72. The van der Waals surface area contributed by atoms with Gasteiger partial charge in [-0.3, -0.25) is 4.79 Å². The maximum Gasteiger partial charge on any atom is 0.234 e. The van der Waals surface area contributed by atoms with Gasteiger partial charge in [-0.05, 0) is 38.5 Å². The first-order valence-electron chi connectivity index (χ1n) is 6.81. The van der Waals surface area contributed by atoms with Gasteiger partial charge in [-0.25, -0.2) is 4.39 Å². The highest BCUT2D eigenvalue weighted by molar-refractivity contribution is 6.01. The minimum Gasteiger partial charge on any atom is -0.382 e. The number of amides is 1. The first kappa shape index (κ1) is 13.8. The summed E-state index contributed by atoms with van der Waals surface area (Å²) in [6.45, 7) is 7.13. The second-order valence-electron chi connectivity index (χ2n) is 5.71. The van der Waals surface area contributed by atoms with E-state index in [-0.39, 0.29) is 11.7 Å². The number of carbonyl (C=O) groups excluding carboxylic acids is 1. The molecule has 0 spiro atoms. The molecule has 1 heterocycles. The molecular weight excluding hydrogens is 243 g/mol. The number of anilines is 2. The van der Waals surface area contributed by atoms with Crippen LogP contribution in [-0.2, 0) is 4.79 Å². The van der Waals surface area contributed by atoms with E-state index in [1.54, 1.807) is 11.0 Å². The second-order valence-corrected chi connectivity index (χ2v) is 5.71. The van der Waals surface area contributed by atoms with E-state index in [9.17, 15) is 9.18 Å². The van der Waals surface area contributed by atoms with Crippen LogP contribution in [0.25, 0.3) is 0 Å². The van der Waals surface area contributed by atoms with E-state index in [0.717, 1.165) is 18.5 Å². The normalized spacial score (nSPS) is 17.7. The summed E-state index contributed by atoms with van der Waals surface area (Å²) in [4.78, 5) is 14.4. The summed E-state index contributed by atoms with van der Waals surface area (Å²) < 4.78 is 13.4. The standard InChI is InChI=1S/C15H21FN2O/c1-4-5-8-18-13-7-6-11(16)9-12(13)17-10-15(2,3)14(18)19/h6-7,9,17H,4-5,8,10H2,1-3H3. The second kappa shape index (κ2) is 5.19. The van der Waals surface area contributed by atoms with E-state index in [4.69, 9.17) is 0 Å². The topological polar surface area (TPSA) is 32.3 Å². The summed E-state index contributed by atoms with van der Waals surface area (Å²) in [5.41, 5.74) is 1.00. The zero-order chi connectivity index (χ0) is 14.0. The van der Waals surface area contributed by atoms with Crippen LogP contribution in [0.4, 0.5) is 15.8 Å². The van der Waals surface area contributed by atoms with Crippen LogP contribution in [0.1, 0.15) is 33.6 Å². The molecule has 1 aliphatic heterocycles. The lowest BCUT2D eigenvalue weighted by atomic mass is 9.92. The molecule has 104 valence electrons. The SMILES string of the molecule is CCCCN1C(=O)C(C)(C)CNc2cc(F)ccc21. The van der Waals surface area contributed by atoms with E-state index >= 15 is 0 Å². The van der Waals surface area contributed by atoms with Crippen molar-refractivity contribution in [2.45, 2.75) is 33.6 Å². The molecule has 4 heteroatoms. The molecule has 1 aromatic rings. The monoisotopic (exact) mass is 264 g/mol. The van der Waals surface area contributed by atoms with Crippen molar-refractivity contribution < 1.29 is 9.18 Å². The number of benzene rings is 1. The van der Waals surface area contributed by atoms with Crippen molar-refractivity contribution in [3.05, 3.63) is 24.0 Å². The van der Waals surface area contributed by atoms with Gasteiger partial charge in [-0.1, -0.05) is 13.3 Å². The molecule has 0 fully saturated rings. The highest BCUT2D eigenvalue weighted by atomic mass is 19.1. The zero-order valence-corrected chi connectivity index (χ0v) is 11.8. The number of hydrogen-bond donors (Lipinski definition) is 1. The number of rotatable bonds is 3. The van der Waals surface area contributed by atoms with Crippen molar-refractivity contribution in [1.82, 2.24) is 0 Å². The fourth-order valence-corrected chi connectivity index (χ4v) is 2.29. The van der Waals surface area contributed by atoms with Crippen LogP contribution < -0.4 is 10.2 Å². The van der Waals surface area contributed by atoms with Gasteiger partial charge in [0, 0.05) is 13.1 Å². The van der Waals surface area contributed by atoms with Crippen molar-refractivity contribution in [2.24, 2.45) is 5.41 Å². The molecule has 0 aliphatic carbocycles. The molecule has 1 aliphatic rings. The third-order valence-electron chi connectivity index (χ3n) is 3.53. The maximum atomic E-state index is 13.4. The van der Waals surface area contributed by atoms with Crippen LogP contribution in [0.2, 0.25) is 0 Å². The summed E-state index contributed by atoms with van der Waals surface area (Å²) in [5, 5.41) is 3.19. The van der Waals surface area contributed by atoms with Crippen molar-refractivity contribution >= 4 is 17.3 Å². The first-order chi connectivity index (χ1) is 8.95. The van der Waals surface area contributed by atoms with Gasteiger partial charge in [0.25, 0.3) is 0 Å². The average Bonchev–Trinajstić information content (AvgIpc) is 2.46. The van der Waals surface area contributed by atoms with Crippen LogP contribution >= 0.6 is 0 Å². The maximum absolute atomic E-state index is 13.4. The van der Waals surface area contributed by atoms with Gasteiger partial charge < -0.3 is 10.2 Å². The Morgan fingerprint density at radius 2 is 2.16 bits per heavy atom. The minimum absolute atomic E-state index is 0.0961. The van der Waals surface area contributed by atoms with Gasteiger partial charge in [-0.2, -0.15) is 0 Å². The lowest BCUT2D eigenvalue weighted by Crippen LogP contribution is -2.42. The van der Waals surface area contributed by atoms with E-state index in [0.29, 0.717) is 18.8 Å². The van der Waals surface area contributed by atoms with Gasteiger partial charge in [-0.15, -0.1) is 0 Å². The Labute approximate surface area is 113 Å². The van der Waals surface area contributed by atoms with Crippen molar-refractivity contribution in [2.75, 3.05) is 23.3 Å². The lowest BCUT2D eigenvalue weighted by Gasteiger charge is -2.28. The largest absolute Gasteiger partial charge is 0.382 e. The van der Waals surface area contributed by atoms with Crippen molar-refractivity contribution in [1.29, 1.82) is 0 Å². The quantitative estimate of drug-likeness (QED) is 0.907. The van der Waals surface area contributed by atoms with E-state index < -0.39 is 5.41 Å². The molecule has 0 radical (unpaired) electrons. The molecule has 0 saturated heterocycles. The fourth-order valence-electron chi connectivity index (χ4n) is 2.29. The fraction of sp³-hybridized carbons (Fsp3) is 0.533. The Kier molecular flexibility index (Phi) is 3.78. The Balaban J connectivity index is 2.43. The van der Waals surface area contributed by atoms with Gasteiger partial charge in [0.1, 0.15) is 5.82 Å². The van der Waals surface area contributed by atoms with E-state index in [1.165, 1.54) is 12.1 Å². The van der Waals surface area contributed by atoms with Gasteiger partial charge in [0.2, 0.25) is 5.91 Å². The highest BCUT2D eigenvalue weighted by Gasteiger charge is 2.36. The average molecular weight is 264 g/mol. The third-order valence-corrected chi connectivity index (χ3v) is 3.53. The Morgan fingerprint density at radius 3 is 2.84 bits per heavy atom. The van der Waals surface area contributed by atoms with Crippen LogP contribution in [0, 0.1) is 11.2 Å². The molecule has 0 unspecified atom stereocenters. The molecule has 0 saturated carbocycles. The van der Waals surface area contributed by atoms with Gasteiger partial charge in [0.05, 0.1) is 16.8 Å². The summed E-state index contributed by atoms with van der Waals surface area (Å²) in [6.07, 6.45) is 1.97. The first-order valence-corrected chi connectivity index (χ1v) is 6.81. The molecule has 0 atom stereocenters. The number of halogens is 1. The molecule has 3 nitrogen and oxygen atoms in total.